The van der Waals surface area contributed by atoms with Crippen molar-refractivity contribution in [3.63, 3.8) is 0 Å². The van der Waals surface area contributed by atoms with E-state index in [1.165, 1.54) is 0 Å². The summed E-state index contributed by atoms with van der Waals surface area (Å²) in [6, 6.07) is 9.36. The molecule has 0 fully saturated rings. The number of fused-ring (bicyclic) bond motifs is 1. The largest absolute Gasteiger partial charge is 0.494 e. The Kier molecular flexibility index (Phi) is 5.28. The number of benzene rings is 1. The van der Waals surface area contributed by atoms with E-state index in [1.807, 2.05) is 37.3 Å². The van der Waals surface area contributed by atoms with Crippen LogP contribution in [0.15, 0.2) is 36.5 Å². The van der Waals surface area contributed by atoms with Crippen LogP contribution in [0, 0.1) is 6.92 Å². The lowest BCUT2D eigenvalue weighted by atomic mass is 10.0. The van der Waals surface area contributed by atoms with E-state index in [-0.39, 0.29) is 11.8 Å². The third kappa shape index (κ3) is 4.79. The van der Waals surface area contributed by atoms with Gasteiger partial charge in [0.05, 0.1) is 6.61 Å². The lowest BCUT2D eigenvalue weighted by molar-refractivity contribution is -0.117. The number of carbonyl (C=O) groups excluding carboxylic acids is 2. The molecule has 0 spiro atoms. The molecule has 2 heterocycles. The van der Waals surface area contributed by atoms with Crippen molar-refractivity contribution in [3.8, 4) is 5.75 Å². The van der Waals surface area contributed by atoms with Crippen LogP contribution in [-0.2, 0) is 16.0 Å². The molecule has 0 unspecified atom stereocenters. The Bertz CT molecular complexity index is 789. The molecule has 2 amide bonds. The van der Waals surface area contributed by atoms with E-state index in [9.17, 15) is 9.59 Å². The second-order valence-electron chi connectivity index (χ2n) is 6.09. The molecule has 0 bridgehead atoms. The number of hydrogen-bond donors (Lipinski definition) is 2. The van der Waals surface area contributed by atoms with Gasteiger partial charge in [0.2, 0.25) is 11.8 Å². The number of anilines is 2. The summed E-state index contributed by atoms with van der Waals surface area (Å²) in [6.45, 7) is 2.41. The molecule has 25 heavy (non-hydrogen) atoms. The normalized spacial score (nSPS) is 12.9. The number of ether oxygens (including phenoxy) is 1. The first-order valence-corrected chi connectivity index (χ1v) is 8.38. The summed E-state index contributed by atoms with van der Waals surface area (Å²) in [5, 5.41) is 5.62. The Morgan fingerprint density at radius 1 is 1.28 bits per heavy atom. The van der Waals surface area contributed by atoms with E-state index >= 15 is 0 Å². The molecule has 6 heteroatoms. The van der Waals surface area contributed by atoms with Gasteiger partial charge in [0.15, 0.2) is 0 Å². The lowest BCUT2D eigenvalue weighted by Gasteiger charge is -2.17. The fourth-order valence-corrected chi connectivity index (χ4v) is 2.68. The first kappa shape index (κ1) is 17.0. The predicted octanol–water partition coefficient (Wildman–Crippen LogP) is 3.07. The highest BCUT2D eigenvalue weighted by Gasteiger charge is 2.15. The van der Waals surface area contributed by atoms with Gasteiger partial charge in [-0.15, -0.1) is 0 Å². The number of amides is 2. The van der Waals surface area contributed by atoms with E-state index < -0.39 is 0 Å². The quantitative estimate of drug-likeness (QED) is 0.793. The van der Waals surface area contributed by atoms with E-state index in [1.54, 1.807) is 6.20 Å². The smallest absolute Gasteiger partial charge is 0.225 e. The van der Waals surface area contributed by atoms with Crippen molar-refractivity contribution < 1.29 is 14.3 Å². The maximum Gasteiger partial charge on any atom is 0.225 e. The van der Waals surface area contributed by atoms with Crippen LogP contribution < -0.4 is 15.4 Å². The average molecular weight is 339 g/mol. The first-order chi connectivity index (χ1) is 12.1. The second-order valence-corrected chi connectivity index (χ2v) is 6.09. The summed E-state index contributed by atoms with van der Waals surface area (Å²) in [7, 11) is 0. The van der Waals surface area contributed by atoms with Crippen molar-refractivity contribution in [3.05, 3.63) is 47.7 Å². The molecule has 130 valence electrons. The third-order valence-corrected chi connectivity index (χ3v) is 3.97. The highest BCUT2D eigenvalue weighted by atomic mass is 16.5. The van der Waals surface area contributed by atoms with Gasteiger partial charge in [0.1, 0.15) is 11.6 Å². The Hall–Kier alpha value is -2.89. The standard InChI is InChI=1S/C19H21N3O3/c1-13-8-9-20-17(11-13)22-18(23)3-2-10-25-15-5-6-16-14(12-15)4-7-19(24)21-16/h5-6,8-9,11-12H,2-4,7,10H2,1H3,(H,21,24)(H,20,22,23). The van der Waals surface area contributed by atoms with E-state index in [2.05, 4.69) is 15.6 Å². The zero-order valence-electron chi connectivity index (χ0n) is 14.2. The van der Waals surface area contributed by atoms with Crippen LogP contribution in [0.25, 0.3) is 0 Å². The summed E-state index contributed by atoms with van der Waals surface area (Å²) >= 11 is 0. The van der Waals surface area contributed by atoms with E-state index in [0.717, 1.165) is 29.0 Å². The molecule has 3 rings (SSSR count). The zero-order chi connectivity index (χ0) is 17.6. The highest BCUT2D eigenvalue weighted by Crippen LogP contribution is 2.26. The van der Waals surface area contributed by atoms with Gasteiger partial charge in [0, 0.05) is 24.7 Å². The van der Waals surface area contributed by atoms with Crippen LogP contribution in [0.4, 0.5) is 11.5 Å². The SMILES string of the molecule is Cc1ccnc(NC(=O)CCCOc2ccc3c(c2)CCC(=O)N3)c1. The van der Waals surface area contributed by atoms with Gasteiger partial charge < -0.3 is 15.4 Å². The summed E-state index contributed by atoms with van der Waals surface area (Å²) in [5.74, 6) is 1.31. The molecule has 2 N–H and O–H groups in total. The average Bonchev–Trinajstić information content (AvgIpc) is 2.59. The van der Waals surface area contributed by atoms with E-state index in [0.29, 0.717) is 31.7 Å². The van der Waals surface area contributed by atoms with Crippen LogP contribution in [0.3, 0.4) is 0 Å². The van der Waals surface area contributed by atoms with Gasteiger partial charge in [-0.1, -0.05) is 0 Å². The fourth-order valence-electron chi connectivity index (χ4n) is 2.68. The van der Waals surface area contributed by atoms with Crippen molar-refractivity contribution >= 4 is 23.3 Å². The molecule has 0 atom stereocenters. The molecule has 6 nitrogen and oxygen atoms in total. The predicted molar refractivity (Wildman–Crippen MR) is 95.7 cm³/mol. The van der Waals surface area contributed by atoms with Gasteiger partial charge in [0.25, 0.3) is 0 Å². The Morgan fingerprint density at radius 2 is 2.16 bits per heavy atom. The summed E-state index contributed by atoms with van der Waals surface area (Å²) in [4.78, 5) is 27.4. The molecule has 0 saturated carbocycles. The molecular weight excluding hydrogens is 318 g/mol. The second kappa shape index (κ2) is 7.79. The van der Waals surface area contributed by atoms with Crippen molar-refractivity contribution in [2.75, 3.05) is 17.2 Å². The summed E-state index contributed by atoms with van der Waals surface area (Å²) in [6.07, 6.45) is 3.89. The summed E-state index contributed by atoms with van der Waals surface area (Å²) < 4.78 is 5.71. The number of nitrogens with zero attached hydrogens (tertiary/aromatic N) is 1. The number of rotatable bonds is 6. The maximum absolute atomic E-state index is 11.9. The third-order valence-electron chi connectivity index (χ3n) is 3.97. The molecule has 1 aromatic carbocycles. The number of pyridine rings is 1. The number of nitrogens with one attached hydrogen (secondary N) is 2. The zero-order valence-corrected chi connectivity index (χ0v) is 14.2. The van der Waals surface area contributed by atoms with Crippen molar-refractivity contribution in [1.82, 2.24) is 4.98 Å². The van der Waals surface area contributed by atoms with Crippen LogP contribution in [0.5, 0.6) is 5.75 Å². The molecule has 1 aliphatic rings. The molecule has 0 radical (unpaired) electrons. The molecule has 1 aliphatic heterocycles. The minimum absolute atomic E-state index is 0.0512. The minimum atomic E-state index is -0.0742. The minimum Gasteiger partial charge on any atom is -0.494 e. The molecule has 1 aromatic heterocycles. The number of aromatic nitrogens is 1. The molecule has 2 aromatic rings. The van der Waals surface area contributed by atoms with Gasteiger partial charge in [-0.3, -0.25) is 9.59 Å². The van der Waals surface area contributed by atoms with Crippen molar-refractivity contribution in [2.24, 2.45) is 0 Å². The summed E-state index contributed by atoms with van der Waals surface area (Å²) in [5.41, 5.74) is 2.99. The Morgan fingerprint density at radius 3 is 3.00 bits per heavy atom. The highest BCUT2D eigenvalue weighted by molar-refractivity contribution is 5.94. The van der Waals surface area contributed by atoms with Crippen LogP contribution in [0.1, 0.15) is 30.4 Å². The molecule has 0 aliphatic carbocycles. The van der Waals surface area contributed by atoms with Gasteiger partial charge in [-0.05, 0) is 61.2 Å². The van der Waals surface area contributed by atoms with Crippen LogP contribution >= 0.6 is 0 Å². The first-order valence-electron chi connectivity index (χ1n) is 8.38. The van der Waals surface area contributed by atoms with Crippen molar-refractivity contribution in [2.45, 2.75) is 32.6 Å². The fraction of sp³-hybridized carbons (Fsp3) is 0.316. The number of aryl methyl sites for hydroxylation is 2. The maximum atomic E-state index is 11.9. The monoisotopic (exact) mass is 339 g/mol. The lowest BCUT2D eigenvalue weighted by Crippen LogP contribution is -2.18. The van der Waals surface area contributed by atoms with Gasteiger partial charge in [-0.25, -0.2) is 4.98 Å². The topological polar surface area (TPSA) is 80.3 Å². The van der Waals surface area contributed by atoms with Gasteiger partial charge >= 0.3 is 0 Å². The van der Waals surface area contributed by atoms with Crippen LogP contribution in [0.2, 0.25) is 0 Å². The Labute approximate surface area is 146 Å². The van der Waals surface area contributed by atoms with Crippen molar-refractivity contribution in [1.29, 1.82) is 0 Å². The van der Waals surface area contributed by atoms with Gasteiger partial charge in [-0.2, -0.15) is 0 Å². The van der Waals surface area contributed by atoms with E-state index in [4.69, 9.17) is 4.74 Å². The molecule has 0 saturated heterocycles. The van der Waals surface area contributed by atoms with Crippen LogP contribution in [-0.4, -0.2) is 23.4 Å². The Balaban J connectivity index is 1.42. The molecular formula is C19H21N3O3. The number of hydrogen-bond acceptors (Lipinski definition) is 4. The number of carbonyl (C=O) groups is 2.